The zero-order valence-electron chi connectivity index (χ0n) is 13.3. The first kappa shape index (κ1) is 16.8. The summed E-state index contributed by atoms with van der Waals surface area (Å²) in [5.41, 5.74) is 7.04. The highest BCUT2D eigenvalue weighted by Gasteiger charge is 2.20. The summed E-state index contributed by atoms with van der Waals surface area (Å²) in [6.07, 6.45) is 11.9. The molecule has 0 radical (unpaired) electrons. The molecule has 4 atom stereocenters. The van der Waals surface area contributed by atoms with Gasteiger partial charge in [-0.25, -0.2) is 4.99 Å². The van der Waals surface area contributed by atoms with Crippen LogP contribution in [0, 0.1) is 5.92 Å². The van der Waals surface area contributed by atoms with Crippen molar-refractivity contribution in [2.24, 2.45) is 16.6 Å². The van der Waals surface area contributed by atoms with Gasteiger partial charge in [0.1, 0.15) is 0 Å². The van der Waals surface area contributed by atoms with Gasteiger partial charge in [-0.05, 0) is 43.4 Å². The fourth-order valence-corrected chi connectivity index (χ4v) is 2.99. The Kier molecular flexibility index (Phi) is 6.21. The molecule has 0 amide bonds. The van der Waals surface area contributed by atoms with Crippen LogP contribution in [-0.2, 0) is 0 Å². The quantitative estimate of drug-likeness (QED) is 0.360. The van der Waals surface area contributed by atoms with Crippen LogP contribution in [0.5, 0.6) is 0 Å². The van der Waals surface area contributed by atoms with Crippen LogP contribution in [0.3, 0.4) is 0 Å². The maximum absolute atomic E-state index is 9.33. The average Bonchev–Trinajstić information content (AvgIpc) is 2.49. The number of aliphatic hydroxyl groups is 1. The number of hydrogen-bond acceptors (Lipinski definition) is 3. The Bertz CT molecular complexity index is 469. The maximum atomic E-state index is 9.33. The summed E-state index contributed by atoms with van der Waals surface area (Å²) in [6, 6.07) is 0.360. The van der Waals surface area contributed by atoms with Crippen LogP contribution in [0.25, 0.3) is 0 Å². The normalized spacial score (nSPS) is 32.3. The van der Waals surface area contributed by atoms with Crippen LogP contribution >= 0.6 is 0 Å². The Morgan fingerprint density at radius 1 is 1.50 bits per heavy atom. The minimum absolute atomic E-state index is 0.0660. The van der Waals surface area contributed by atoms with Gasteiger partial charge in [0.05, 0.1) is 12.6 Å². The smallest absolute Gasteiger partial charge is 0.196 e. The predicted molar refractivity (Wildman–Crippen MR) is 91.4 cm³/mol. The van der Waals surface area contributed by atoms with E-state index in [-0.39, 0.29) is 24.7 Å². The number of rotatable bonds is 4. The average molecular weight is 304 g/mol. The van der Waals surface area contributed by atoms with Gasteiger partial charge in [-0.1, -0.05) is 31.7 Å². The third kappa shape index (κ3) is 5.00. The van der Waals surface area contributed by atoms with Crippen molar-refractivity contribution in [2.45, 2.75) is 50.7 Å². The van der Waals surface area contributed by atoms with E-state index in [9.17, 15) is 5.11 Å². The molecule has 0 heterocycles. The van der Waals surface area contributed by atoms with Crippen LogP contribution in [0.15, 0.2) is 41.6 Å². The third-order valence-corrected chi connectivity index (χ3v) is 4.16. The van der Waals surface area contributed by atoms with E-state index in [0.717, 1.165) is 31.3 Å². The first-order chi connectivity index (χ1) is 10.6. The number of hydrogen-bond donors (Lipinski definition) is 4. The van der Waals surface area contributed by atoms with Gasteiger partial charge in [0.15, 0.2) is 5.96 Å². The maximum Gasteiger partial charge on any atom is 0.196 e. The van der Waals surface area contributed by atoms with Gasteiger partial charge < -0.3 is 21.5 Å². The Labute approximate surface area is 133 Å². The molecular weight excluding hydrogens is 276 g/mol. The van der Waals surface area contributed by atoms with Crippen molar-refractivity contribution in [3.63, 3.8) is 0 Å². The molecule has 0 saturated heterocycles. The molecule has 0 saturated carbocycles. The van der Waals surface area contributed by atoms with E-state index in [2.05, 4.69) is 42.4 Å². The van der Waals surface area contributed by atoms with Crippen molar-refractivity contribution in [3.8, 4) is 0 Å². The van der Waals surface area contributed by atoms with Crippen LogP contribution < -0.4 is 16.4 Å². The lowest BCUT2D eigenvalue weighted by Gasteiger charge is -2.28. The van der Waals surface area contributed by atoms with Crippen molar-refractivity contribution in [3.05, 3.63) is 36.6 Å². The summed E-state index contributed by atoms with van der Waals surface area (Å²) in [5.74, 6) is 1.36. The number of aliphatic imine (C=N–C) groups is 1. The van der Waals surface area contributed by atoms with Gasteiger partial charge in [0.25, 0.3) is 0 Å². The molecule has 0 aromatic rings. The SMILES string of the molecule is C=CNC(=NC1C=CC(C)CC1)NC1C=C(CO)CC(N)C1. The summed E-state index contributed by atoms with van der Waals surface area (Å²) in [7, 11) is 0. The van der Waals surface area contributed by atoms with Crippen molar-refractivity contribution in [1.82, 2.24) is 10.6 Å². The molecule has 0 aromatic heterocycles. The molecule has 0 fully saturated rings. The number of guanidine groups is 1. The molecule has 4 unspecified atom stereocenters. The van der Waals surface area contributed by atoms with Crippen LogP contribution in [0.4, 0.5) is 0 Å². The monoisotopic (exact) mass is 304 g/mol. The standard InChI is InChI=1S/C17H28N4O/c1-3-19-17(20-15-6-4-12(2)5-7-15)21-16-9-13(11-22)8-14(18)10-16/h3-4,6,9,12,14-16,22H,1,5,7-8,10-11,18H2,2H3,(H2,19,20,21). The zero-order chi connectivity index (χ0) is 15.9. The number of nitrogens with one attached hydrogen (secondary N) is 2. The van der Waals surface area contributed by atoms with Gasteiger partial charge in [-0.2, -0.15) is 0 Å². The molecule has 0 spiro atoms. The highest BCUT2D eigenvalue weighted by Crippen LogP contribution is 2.19. The van der Waals surface area contributed by atoms with Crippen molar-refractivity contribution in [2.75, 3.05) is 6.61 Å². The summed E-state index contributed by atoms with van der Waals surface area (Å²) in [4.78, 5) is 4.73. The molecule has 5 nitrogen and oxygen atoms in total. The van der Waals surface area contributed by atoms with E-state index in [0.29, 0.717) is 11.9 Å². The van der Waals surface area contributed by atoms with Gasteiger partial charge in [0, 0.05) is 12.1 Å². The van der Waals surface area contributed by atoms with E-state index < -0.39 is 0 Å². The molecule has 0 aromatic carbocycles. The molecule has 5 N–H and O–H groups in total. The summed E-state index contributed by atoms with van der Waals surface area (Å²) < 4.78 is 0. The molecule has 0 bridgehead atoms. The fraction of sp³-hybridized carbons (Fsp3) is 0.588. The number of aliphatic hydroxyl groups excluding tert-OH is 1. The van der Waals surface area contributed by atoms with Gasteiger partial charge in [-0.15, -0.1) is 0 Å². The summed E-state index contributed by atoms with van der Waals surface area (Å²) in [6.45, 7) is 6.01. The Morgan fingerprint density at radius 2 is 2.32 bits per heavy atom. The minimum atomic E-state index is 0.0660. The number of allylic oxidation sites excluding steroid dienone is 1. The molecule has 2 rings (SSSR count). The minimum Gasteiger partial charge on any atom is -0.392 e. The topological polar surface area (TPSA) is 82.7 Å². The van der Waals surface area contributed by atoms with E-state index in [1.807, 2.05) is 0 Å². The van der Waals surface area contributed by atoms with Gasteiger partial charge in [0.2, 0.25) is 0 Å². The van der Waals surface area contributed by atoms with Gasteiger partial charge >= 0.3 is 0 Å². The van der Waals surface area contributed by atoms with Crippen LogP contribution in [0.1, 0.15) is 32.6 Å². The van der Waals surface area contributed by atoms with Crippen LogP contribution in [0.2, 0.25) is 0 Å². The second-order valence-electron chi connectivity index (χ2n) is 6.27. The zero-order valence-corrected chi connectivity index (χ0v) is 13.3. The van der Waals surface area contributed by atoms with E-state index in [4.69, 9.17) is 10.7 Å². The molecule has 2 aliphatic carbocycles. The number of nitrogens with two attached hydrogens (primary N) is 1. The van der Waals surface area contributed by atoms with Crippen molar-refractivity contribution in [1.29, 1.82) is 0 Å². The lowest BCUT2D eigenvalue weighted by Crippen LogP contribution is -2.45. The summed E-state index contributed by atoms with van der Waals surface area (Å²) >= 11 is 0. The first-order valence-corrected chi connectivity index (χ1v) is 8.06. The van der Waals surface area contributed by atoms with Crippen LogP contribution in [-0.4, -0.2) is 35.8 Å². The molecule has 5 heteroatoms. The van der Waals surface area contributed by atoms with Gasteiger partial charge in [-0.3, -0.25) is 0 Å². The highest BCUT2D eigenvalue weighted by atomic mass is 16.3. The molecule has 122 valence electrons. The highest BCUT2D eigenvalue weighted by molar-refractivity contribution is 5.81. The fourth-order valence-electron chi connectivity index (χ4n) is 2.99. The van der Waals surface area contributed by atoms with E-state index >= 15 is 0 Å². The van der Waals surface area contributed by atoms with Crippen molar-refractivity contribution >= 4 is 5.96 Å². The largest absolute Gasteiger partial charge is 0.392 e. The second kappa shape index (κ2) is 8.15. The molecule has 2 aliphatic rings. The van der Waals surface area contributed by atoms with E-state index in [1.54, 1.807) is 6.20 Å². The lowest BCUT2D eigenvalue weighted by atomic mass is 9.92. The van der Waals surface area contributed by atoms with E-state index in [1.165, 1.54) is 0 Å². The predicted octanol–water partition coefficient (Wildman–Crippen LogP) is 1.43. The molecular formula is C17H28N4O. The first-order valence-electron chi connectivity index (χ1n) is 8.06. The summed E-state index contributed by atoms with van der Waals surface area (Å²) in [5, 5.41) is 15.8. The molecule has 22 heavy (non-hydrogen) atoms. The second-order valence-corrected chi connectivity index (χ2v) is 6.27. The third-order valence-electron chi connectivity index (χ3n) is 4.16. The Hall–Kier alpha value is -1.59. The molecule has 0 aliphatic heterocycles. The number of nitrogens with zero attached hydrogens (tertiary/aromatic N) is 1. The lowest BCUT2D eigenvalue weighted by molar-refractivity contribution is 0.316. The Balaban J connectivity index is 2.05. The Morgan fingerprint density at radius 3 is 2.95 bits per heavy atom. The van der Waals surface area contributed by atoms with Crippen molar-refractivity contribution < 1.29 is 5.11 Å².